The van der Waals surface area contributed by atoms with Crippen molar-refractivity contribution >= 4 is 5.97 Å². The van der Waals surface area contributed by atoms with Gasteiger partial charge in [0.2, 0.25) is 0 Å². The molecule has 1 N–H and O–H groups in total. The molecule has 0 saturated heterocycles. The Labute approximate surface area is 155 Å². The lowest BCUT2D eigenvalue weighted by Crippen LogP contribution is -2.66. The van der Waals surface area contributed by atoms with E-state index in [4.69, 9.17) is 0 Å². The summed E-state index contributed by atoms with van der Waals surface area (Å²) < 4.78 is 115. The Kier molecular flexibility index (Phi) is 6.45. The molecule has 0 radical (unpaired) electrons. The number of hydrogen-bond acceptors (Lipinski definition) is 3. The largest absolute Gasteiger partial charge is 0.461 e. The number of rotatable bonds is 7. The van der Waals surface area contributed by atoms with Gasteiger partial charge in [-0.3, -0.25) is 0 Å². The molecule has 160 valence electrons. The molecule has 0 aliphatic heterocycles. The van der Waals surface area contributed by atoms with E-state index in [1.807, 2.05) is 0 Å². The molecule has 28 heavy (non-hydrogen) atoms. The van der Waals surface area contributed by atoms with Crippen LogP contribution in [-0.4, -0.2) is 41.4 Å². The molecule has 1 aromatic carbocycles. The van der Waals surface area contributed by atoms with E-state index < -0.39 is 47.9 Å². The number of esters is 1. The number of aryl methyl sites for hydroxylation is 3. The molecule has 11 heteroatoms. The van der Waals surface area contributed by atoms with E-state index in [1.165, 1.54) is 19.1 Å². The lowest BCUT2D eigenvalue weighted by atomic mass is 9.87. The minimum Gasteiger partial charge on any atom is -0.461 e. The summed E-state index contributed by atoms with van der Waals surface area (Å²) in [6.07, 6.45) is -3.55. The van der Waals surface area contributed by atoms with Crippen LogP contribution in [-0.2, 0) is 9.53 Å². The fraction of sp³-hybridized carbons (Fsp3) is 0.588. The number of aliphatic hydroxyl groups excluding tert-OH is 1. The molecule has 0 aliphatic carbocycles. The monoisotopic (exact) mass is 422 g/mol. The molecule has 0 aliphatic rings. The van der Waals surface area contributed by atoms with Crippen LogP contribution in [0.1, 0.15) is 35.3 Å². The third kappa shape index (κ3) is 3.56. The minimum absolute atomic E-state index is 0.138. The van der Waals surface area contributed by atoms with E-state index >= 15 is 0 Å². The number of carbonyl (C=O) groups is 1. The molecule has 0 bridgehead atoms. The Hall–Kier alpha value is -1.91. The number of carbonyl (C=O) groups excluding carboxylic acids is 1. The van der Waals surface area contributed by atoms with E-state index in [9.17, 15) is 45.0 Å². The highest BCUT2D eigenvalue weighted by Crippen LogP contribution is 2.56. The van der Waals surface area contributed by atoms with E-state index in [0.29, 0.717) is 5.56 Å². The first kappa shape index (κ1) is 24.1. The maximum absolute atomic E-state index is 14.3. The second-order valence-electron chi connectivity index (χ2n) is 6.28. The number of hydrogen-bond donors (Lipinski definition) is 1. The summed E-state index contributed by atoms with van der Waals surface area (Å²) in [4.78, 5) is 11.0. The lowest BCUT2D eigenvalue weighted by molar-refractivity contribution is -0.375. The fourth-order valence-corrected chi connectivity index (χ4v) is 2.73. The second kappa shape index (κ2) is 7.49. The Morgan fingerprint density at radius 1 is 0.964 bits per heavy atom. The molecule has 0 saturated carbocycles. The summed E-state index contributed by atoms with van der Waals surface area (Å²) >= 11 is 0. The van der Waals surface area contributed by atoms with Crippen molar-refractivity contribution in [2.75, 3.05) is 6.61 Å². The maximum Gasteiger partial charge on any atom is 0.410 e. The zero-order chi connectivity index (χ0) is 22.3. The zero-order valence-corrected chi connectivity index (χ0v) is 15.2. The molecule has 0 aromatic heterocycles. The average molecular weight is 422 g/mol. The van der Waals surface area contributed by atoms with Crippen LogP contribution in [0.15, 0.2) is 12.1 Å². The van der Waals surface area contributed by atoms with Crippen LogP contribution >= 0.6 is 0 Å². The van der Waals surface area contributed by atoms with Gasteiger partial charge in [-0.25, -0.2) is 4.79 Å². The summed E-state index contributed by atoms with van der Waals surface area (Å²) in [5, 5.41) is 9.78. The fourth-order valence-electron chi connectivity index (χ4n) is 2.73. The van der Waals surface area contributed by atoms with Gasteiger partial charge in [0.25, 0.3) is 0 Å². The van der Waals surface area contributed by atoms with Crippen molar-refractivity contribution in [2.24, 2.45) is 0 Å². The number of aliphatic hydroxyl groups is 1. The molecule has 0 fully saturated rings. The lowest BCUT2D eigenvalue weighted by Gasteiger charge is -2.38. The smallest absolute Gasteiger partial charge is 0.410 e. The van der Waals surface area contributed by atoms with Crippen molar-refractivity contribution in [3.8, 4) is 0 Å². The van der Waals surface area contributed by atoms with Crippen LogP contribution in [0, 0.1) is 20.8 Å². The van der Waals surface area contributed by atoms with Gasteiger partial charge in [0.05, 0.1) is 6.61 Å². The highest BCUT2D eigenvalue weighted by molar-refractivity contribution is 5.79. The summed E-state index contributed by atoms with van der Waals surface area (Å²) in [5.41, 5.74) is -0.590. The van der Waals surface area contributed by atoms with Gasteiger partial charge in [0.15, 0.2) is 0 Å². The number of ether oxygens (including phenoxy) is 1. The Morgan fingerprint density at radius 3 is 1.79 bits per heavy atom. The molecule has 3 nitrogen and oxygen atoms in total. The van der Waals surface area contributed by atoms with Crippen molar-refractivity contribution in [3.63, 3.8) is 0 Å². The van der Waals surface area contributed by atoms with E-state index in [1.54, 1.807) is 0 Å². The van der Waals surface area contributed by atoms with Crippen molar-refractivity contribution in [1.82, 2.24) is 0 Å². The normalized spacial score (nSPS) is 14.8. The highest BCUT2D eigenvalue weighted by Gasteiger charge is 2.84. The van der Waals surface area contributed by atoms with Gasteiger partial charge in [0, 0.05) is 0 Å². The van der Waals surface area contributed by atoms with Gasteiger partial charge < -0.3 is 9.84 Å². The zero-order valence-electron chi connectivity index (χ0n) is 15.2. The molecular formula is C17H18F8O3. The van der Waals surface area contributed by atoms with Crippen molar-refractivity contribution in [1.29, 1.82) is 0 Å². The summed E-state index contributed by atoms with van der Waals surface area (Å²) in [7, 11) is 0. The van der Waals surface area contributed by atoms with Crippen LogP contribution in [0.5, 0.6) is 0 Å². The molecule has 0 heterocycles. The maximum atomic E-state index is 14.3. The first-order chi connectivity index (χ1) is 12.5. The van der Waals surface area contributed by atoms with Crippen LogP contribution in [0.2, 0.25) is 0 Å². The van der Waals surface area contributed by atoms with Gasteiger partial charge >= 0.3 is 29.7 Å². The first-order valence-corrected chi connectivity index (χ1v) is 7.91. The topological polar surface area (TPSA) is 46.5 Å². The summed E-state index contributed by atoms with van der Waals surface area (Å²) in [6.45, 7) is 3.87. The molecular weight excluding hydrogens is 404 g/mol. The van der Waals surface area contributed by atoms with Crippen LogP contribution in [0.4, 0.5) is 35.1 Å². The van der Waals surface area contributed by atoms with Crippen LogP contribution in [0.3, 0.4) is 0 Å². The third-order valence-electron chi connectivity index (χ3n) is 4.09. The van der Waals surface area contributed by atoms with Gasteiger partial charge in [-0.1, -0.05) is 17.7 Å². The Bertz CT molecular complexity index is 723. The van der Waals surface area contributed by atoms with Gasteiger partial charge in [-0.05, 0) is 44.4 Å². The van der Waals surface area contributed by atoms with Gasteiger partial charge in [-0.2, -0.15) is 35.1 Å². The number of halogens is 8. The van der Waals surface area contributed by atoms with E-state index in [-0.39, 0.29) is 11.1 Å². The molecule has 1 atom stereocenters. The molecule has 1 aromatic rings. The first-order valence-electron chi connectivity index (χ1n) is 7.91. The Morgan fingerprint density at radius 2 is 1.39 bits per heavy atom. The predicted molar refractivity (Wildman–Crippen MR) is 82.0 cm³/mol. The van der Waals surface area contributed by atoms with Crippen molar-refractivity contribution in [3.05, 3.63) is 34.4 Å². The average Bonchev–Trinajstić information content (AvgIpc) is 2.53. The molecule has 1 rings (SSSR count). The molecule has 1 unspecified atom stereocenters. The standard InChI is InChI=1S/C17H18F8O3/c1-5-28-13(27)15(20,21)17(24,25)16(22,23)14(18,19)12(26)11-9(3)6-8(2)7-10(11)4/h6-7,12,26H,5H2,1-4H3. The Balaban J connectivity index is 3.51. The quantitative estimate of drug-likeness (QED) is 0.510. The van der Waals surface area contributed by atoms with Crippen molar-refractivity contribution in [2.45, 2.75) is 57.5 Å². The molecule has 0 spiro atoms. The van der Waals surface area contributed by atoms with E-state index in [0.717, 1.165) is 20.8 Å². The summed E-state index contributed by atoms with van der Waals surface area (Å²) in [5.74, 6) is -29.1. The van der Waals surface area contributed by atoms with Crippen LogP contribution < -0.4 is 0 Å². The number of benzene rings is 1. The summed E-state index contributed by atoms with van der Waals surface area (Å²) in [6, 6.07) is 2.43. The minimum atomic E-state index is -6.86. The van der Waals surface area contributed by atoms with E-state index in [2.05, 4.69) is 4.74 Å². The predicted octanol–water partition coefficient (Wildman–Crippen LogP) is 4.75. The van der Waals surface area contributed by atoms with Gasteiger partial charge in [-0.15, -0.1) is 0 Å². The molecule has 0 amide bonds. The van der Waals surface area contributed by atoms with Gasteiger partial charge in [0.1, 0.15) is 6.10 Å². The van der Waals surface area contributed by atoms with Crippen LogP contribution in [0.25, 0.3) is 0 Å². The second-order valence-corrected chi connectivity index (χ2v) is 6.28. The van der Waals surface area contributed by atoms with Crippen molar-refractivity contribution < 1.29 is 49.8 Å². The SMILES string of the molecule is CCOC(=O)C(F)(F)C(F)(F)C(F)(F)C(F)(F)C(O)c1c(C)cc(C)cc1C. The number of alkyl halides is 8. The highest BCUT2D eigenvalue weighted by atomic mass is 19.4. The third-order valence-corrected chi connectivity index (χ3v) is 4.09.